The fourth-order valence-electron chi connectivity index (χ4n) is 2.89. The van der Waals surface area contributed by atoms with Crippen molar-refractivity contribution < 1.29 is 4.79 Å². The summed E-state index contributed by atoms with van der Waals surface area (Å²) in [5.41, 5.74) is 3.78. The number of carbonyl (C=O) groups is 1. The number of anilines is 1. The maximum atomic E-state index is 12.6. The molecule has 0 atom stereocenters. The van der Waals surface area contributed by atoms with Crippen LogP contribution in [0.15, 0.2) is 65.4 Å². The van der Waals surface area contributed by atoms with Gasteiger partial charge in [-0.3, -0.25) is 9.20 Å². The number of amides is 1. The Balaban J connectivity index is 1.67. The lowest BCUT2D eigenvalue weighted by Gasteiger charge is -2.09. The van der Waals surface area contributed by atoms with Crippen LogP contribution in [-0.2, 0) is 0 Å². The Morgan fingerprint density at radius 3 is 2.85 bits per heavy atom. The Morgan fingerprint density at radius 1 is 1.19 bits per heavy atom. The van der Waals surface area contributed by atoms with Crippen LogP contribution in [0, 0.1) is 6.92 Å². The molecular formula is C20H14BrClN4O. The van der Waals surface area contributed by atoms with Gasteiger partial charge in [0.1, 0.15) is 0 Å². The van der Waals surface area contributed by atoms with Crippen molar-refractivity contribution >= 4 is 44.9 Å². The summed E-state index contributed by atoms with van der Waals surface area (Å²) >= 11 is 9.51. The molecule has 7 heteroatoms. The second-order valence-corrected chi connectivity index (χ2v) is 7.32. The normalized spacial score (nSPS) is 10.9. The molecule has 0 radical (unpaired) electrons. The highest BCUT2D eigenvalue weighted by Crippen LogP contribution is 2.27. The van der Waals surface area contributed by atoms with E-state index in [9.17, 15) is 4.79 Å². The van der Waals surface area contributed by atoms with Crippen LogP contribution in [0.5, 0.6) is 0 Å². The Labute approximate surface area is 169 Å². The van der Waals surface area contributed by atoms with Gasteiger partial charge < -0.3 is 5.32 Å². The number of hydrogen-bond donors (Lipinski definition) is 1. The van der Waals surface area contributed by atoms with Gasteiger partial charge in [0.05, 0.1) is 16.3 Å². The minimum absolute atomic E-state index is 0.271. The number of halogens is 2. The summed E-state index contributed by atoms with van der Waals surface area (Å²) in [6.45, 7) is 1.99. The van der Waals surface area contributed by atoms with Crippen LogP contribution in [0.1, 0.15) is 16.1 Å². The number of aromatic nitrogens is 3. The van der Waals surface area contributed by atoms with Gasteiger partial charge >= 0.3 is 0 Å². The lowest BCUT2D eigenvalue weighted by Crippen LogP contribution is -2.12. The van der Waals surface area contributed by atoms with E-state index in [0.29, 0.717) is 22.1 Å². The van der Waals surface area contributed by atoms with Gasteiger partial charge in [0.15, 0.2) is 0 Å². The first-order chi connectivity index (χ1) is 13.0. The van der Waals surface area contributed by atoms with Crippen LogP contribution in [0.25, 0.3) is 17.0 Å². The zero-order valence-electron chi connectivity index (χ0n) is 14.3. The van der Waals surface area contributed by atoms with E-state index in [1.807, 2.05) is 47.9 Å². The van der Waals surface area contributed by atoms with Gasteiger partial charge in [0.25, 0.3) is 5.91 Å². The monoisotopic (exact) mass is 440 g/mol. The number of aryl methyl sites for hydroxylation is 1. The molecule has 0 fully saturated rings. The van der Waals surface area contributed by atoms with E-state index in [2.05, 4.69) is 31.2 Å². The summed E-state index contributed by atoms with van der Waals surface area (Å²) in [7, 11) is 0. The van der Waals surface area contributed by atoms with Crippen LogP contribution >= 0.6 is 27.5 Å². The molecule has 1 N–H and O–H groups in total. The van der Waals surface area contributed by atoms with E-state index in [1.54, 1.807) is 24.4 Å². The zero-order valence-corrected chi connectivity index (χ0v) is 16.6. The molecule has 0 aliphatic heterocycles. The summed E-state index contributed by atoms with van der Waals surface area (Å²) in [5.74, 6) is 0.368. The summed E-state index contributed by atoms with van der Waals surface area (Å²) in [4.78, 5) is 21.5. The lowest BCUT2D eigenvalue weighted by molar-refractivity contribution is 0.102. The molecule has 0 saturated carbocycles. The van der Waals surface area contributed by atoms with Crippen molar-refractivity contribution in [1.29, 1.82) is 0 Å². The number of imidazole rings is 1. The Hall–Kier alpha value is -2.70. The van der Waals surface area contributed by atoms with Crippen LogP contribution < -0.4 is 5.32 Å². The standard InChI is InChI=1S/C20H14BrClN4O/c1-12-18(25-20-23-8-3-9-26(12)20)13-4-2-5-15(10-13)24-19(27)16-11-14(21)6-7-17(16)22/h2-11H,1H3,(H,24,27). The highest BCUT2D eigenvalue weighted by atomic mass is 79.9. The Kier molecular flexibility index (Phi) is 4.68. The third kappa shape index (κ3) is 3.46. The molecule has 0 aliphatic rings. The second-order valence-electron chi connectivity index (χ2n) is 5.99. The van der Waals surface area contributed by atoms with Gasteiger partial charge in [-0.2, -0.15) is 0 Å². The predicted molar refractivity (Wildman–Crippen MR) is 110 cm³/mol. The van der Waals surface area contributed by atoms with Gasteiger partial charge in [-0.1, -0.05) is 39.7 Å². The van der Waals surface area contributed by atoms with Gasteiger partial charge in [-0.15, -0.1) is 0 Å². The molecule has 27 heavy (non-hydrogen) atoms. The topological polar surface area (TPSA) is 59.3 Å². The molecule has 0 bridgehead atoms. The molecule has 0 spiro atoms. The number of fused-ring (bicyclic) bond motifs is 1. The lowest BCUT2D eigenvalue weighted by atomic mass is 10.1. The fourth-order valence-corrected chi connectivity index (χ4v) is 3.45. The molecule has 0 saturated heterocycles. The molecule has 2 aromatic heterocycles. The number of hydrogen-bond acceptors (Lipinski definition) is 3. The number of nitrogens with one attached hydrogen (secondary N) is 1. The highest BCUT2D eigenvalue weighted by Gasteiger charge is 2.14. The van der Waals surface area contributed by atoms with Crippen LogP contribution in [0.2, 0.25) is 5.02 Å². The molecule has 4 aromatic rings. The van der Waals surface area contributed by atoms with Crippen molar-refractivity contribution in [3.05, 3.63) is 81.7 Å². The minimum atomic E-state index is -0.271. The summed E-state index contributed by atoms with van der Waals surface area (Å²) < 4.78 is 2.72. The SMILES string of the molecule is Cc1c(-c2cccc(NC(=O)c3cc(Br)ccc3Cl)c2)nc2ncccn12. The van der Waals surface area contributed by atoms with Crippen LogP contribution in [-0.4, -0.2) is 20.3 Å². The number of nitrogens with zero attached hydrogens (tertiary/aromatic N) is 3. The summed E-state index contributed by atoms with van der Waals surface area (Å²) in [6, 6.07) is 14.6. The maximum Gasteiger partial charge on any atom is 0.257 e. The van der Waals surface area contributed by atoms with Gasteiger partial charge in [-0.05, 0) is 43.3 Å². The van der Waals surface area contributed by atoms with E-state index in [1.165, 1.54) is 0 Å². The third-order valence-corrected chi connectivity index (χ3v) is 5.03. The smallest absolute Gasteiger partial charge is 0.257 e. The first kappa shape index (κ1) is 17.7. The van der Waals surface area contributed by atoms with Crippen molar-refractivity contribution in [2.75, 3.05) is 5.32 Å². The van der Waals surface area contributed by atoms with Crippen molar-refractivity contribution in [1.82, 2.24) is 14.4 Å². The second kappa shape index (κ2) is 7.13. The van der Waals surface area contributed by atoms with Crippen molar-refractivity contribution in [2.24, 2.45) is 0 Å². The van der Waals surface area contributed by atoms with E-state index >= 15 is 0 Å². The molecular weight excluding hydrogens is 428 g/mol. The molecule has 1 amide bonds. The van der Waals surface area contributed by atoms with E-state index < -0.39 is 0 Å². The van der Waals surface area contributed by atoms with Crippen LogP contribution in [0.3, 0.4) is 0 Å². The quantitative estimate of drug-likeness (QED) is 0.465. The van der Waals surface area contributed by atoms with Gasteiger partial charge in [-0.25, -0.2) is 9.97 Å². The Bertz CT molecular complexity index is 1170. The van der Waals surface area contributed by atoms with Crippen molar-refractivity contribution in [3.8, 4) is 11.3 Å². The van der Waals surface area contributed by atoms with E-state index in [0.717, 1.165) is 21.4 Å². The molecule has 2 aromatic carbocycles. The average molecular weight is 442 g/mol. The van der Waals surface area contributed by atoms with Gasteiger partial charge in [0.2, 0.25) is 5.78 Å². The number of benzene rings is 2. The molecule has 2 heterocycles. The largest absolute Gasteiger partial charge is 0.322 e. The van der Waals surface area contributed by atoms with E-state index in [-0.39, 0.29) is 5.91 Å². The zero-order chi connectivity index (χ0) is 19.0. The highest BCUT2D eigenvalue weighted by molar-refractivity contribution is 9.10. The molecule has 134 valence electrons. The maximum absolute atomic E-state index is 12.6. The molecule has 0 aliphatic carbocycles. The van der Waals surface area contributed by atoms with Crippen molar-refractivity contribution in [3.63, 3.8) is 0 Å². The molecule has 5 nitrogen and oxygen atoms in total. The van der Waals surface area contributed by atoms with Crippen molar-refractivity contribution in [2.45, 2.75) is 6.92 Å². The average Bonchev–Trinajstić information content (AvgIpc) is 3.01. The first-order valence-corrected chi connectivity index (χ1v) is 9.36. The minimum Gasteiger partial charge on any atom is -0.322 e. The summed E-state index contributed by atoms with van der Waals surface area (Å²) in [5, 5.41) is 3.29. The fraction of sp³-hybridized carbons (Fsp3) is 0.0500. The van der Waals surface area contributed by atoms with Crippen LogP contribution in [0.4, 0.5) is 5.69 Å². The molecule has 4 rings (SSSR count). The van der Waals surface area contributed by atoms with E-state index in [4.69, 9.17) is 11.6 Å². The predicted octanol–water partition coefficient (Wildman–Crippen LogP) is 5.37. The third-order valence-electron chi connectivity index (χ3n) is 4.21. The Morgan fingerprint density at radius 2 is 2.04 bits per heavy atom. The first-order valence-electron chi connectivity index (χ1n) is 8.19. The summed E-state index contributed by atoms with van der Waals surface area (Å²) in [6.07, 6.45) is 3.64. The number of carbonyl (C=O) groups excluding carboxylic acids is 1. The molecule has 0 unspecified atom stereocenters. The van der Waals surface area contributed by atoms with Gasteiger partial charge in [0, 0.05) is 33.8 Å². The number of rotatable bonds is 3.